The molecule has 1 saturated heterocycles. The average Bonchev–Trinajstić information content (AvgIpc) is 2.27. The van der Waals surface area contributed by atoms with Crippen molar-refractivity contribution in [1.82, 2.24) is 4.90 Å². The van der Waals surface area contributed by atoms with Crippen LogP contribution in [0.2, 0.25) is 0 Å². The number of methoxy groups -OCH3 is 1. The van der Waals surface area contributed by atoms with Crippen LogP contribution in [0.4, 0.5) is 0 Å². The number of ether oxygens (including phenoxy) is 1. The Morgan fingerprint density at radius 2 is 1.80 bits per heavy atom. The number of piperidine rings is 1. The van der Waals surface area contributed by atoms with Crippen LogP contribution in [0.15, 0.2) is 0 Å². The molecule has 0 spiro atoms. The van der Waals surface area contributed by atoms with Gasteiger partial charge in [0, 0.05) is 6.42 Å². The number of esters is 1. The summed E-state index contributed by atoms with van der Waals surface area (Å²) in [7, 11) is 1.34. The van der Waals surface area contributed by atoms with Crippen LogP contribution in [0.3, 0.4) is 0 Å². The highest BCUT2D eigenvalue weighted by Crippen LogP contribution is 2.08. The molecule has 0 saturated carbocycles. The van der Waals surface area contributed by atoms with Crippen molar-refractivity contribution in [3.8, 4) is 0 Å². The van der Waals surface area contributed by atoms with Crippen LogP contribution < -0.4 is 0 Å². The molecule has 0 aromatic rings. The lowest BCUT2D eigenvalue weighted by molar-refractivity contribution is -0.142. The van der Waals surface area contributed by atoms with Gasteiger partial charge in [0.2, 0.25) is 0 Å². The van der Waals surface area contributed by atoms with Crippen LogP contribution in [0.1, 0.15) is 32.1 Å². The summed E-state index contributed by atoms with van der Waals surface area (Å²) in [6, 6.07) is 0. The number of carbonyl (C=O) groups is 2. The van der Waals surface area contributed by atoms with E-state index in [2.05, 4.69) is 9.64 Å². The monoisotopic (exact) mass is 213 g/mol. The summed E-state index contributed by atoms with van der Waals surface area (Å²) >= 11 is 0. The molecule has 1 aliphatic heterocycles. The van der Waals surface area contributed by atoms with E-state index in [1.807, 2.05) is 0 Å². The molecule has 0 amide bonds. The Hall–Kier alpha value is -0.900. The third-order valence-electron chi connectivity index (χ3n) is 2.68. The van der Waals surface area contributed by atoms with Gasteiger partial charge in [-0.25, -0.2) is 0 Å². The van der Waals surface area contributed by atoms with Gasteiger partial charge >= 0.3 is 5.97 Å². The number of carbonyl (C=O) groups excluding carboxylic acids is 2. The van der Waals surface area contributed by atoms with Gasteiger partial charge in [0.05, 0.1) is 20.1 Å². The van der Waals surface area contributed by atoms with E-state index in [9.17, 15) is 9.59 Å². The van der Waals surface area contributed by atoms with E-state index in [-0.39, 0.29) is 18.2 Å². The molecule has 1 aliphatic rings. The topological polar surface area (TPSA) is 46.6 Å². The van der Waals surface area contributed by atoms with Crippen LogP contribution in [0.5, 0.6) is 0 Å². The van der Waals surface area contributed by atoms with E-state index in [0.717, 1.165) is 13.1 Å². The molecule has 0 aromatic carbocycles. The Kier molecular flexibility index (Phi) is 5.32. The highest BCUT2D eigenvalue weighted by atomic mass is 16.5. The van der Waals surface area contributed by atoms with Gasteiger partial charge in [0.25, 0.3) is 0 Å². The summed E-state index contributed by atoms with van der Waals surface area (Å²) in [5.74, 6) is -0.163. The van der Waals surface area contributed by atoms with E-state index in [1.54, 1.807) is 0 Å². The van der Waals surface area contributed by atoms with Crippen molar-refractivity contribution in [2.45, 2.75) is 32.1 Å². The average molecular weight is 213 g/mol. The predicted molar refractivity (Wildman–Crippen MR) is 56.5 cm³/mol. The third kappa shape index (κ3) is 4.93. The first kappa shape index (κ1) is 12.2. The summed E-state index contributed by atoms with van der Waals surface area (Å²) < 4.78 is 4.49. The quantitative estimate of drug-likeness (QED) is 0.639. The lowest BCUT2D eigenvalue weighted by atomic mass is 10.1. The smallest absolute Gasteiger partial charge is 0.305 e. The minimum atomic E-state index is -0.304. The third-order valence-corrected chi connectivity index (χ3v) is 2.68. The molecule has 1 heterocycles. The number of hydrogen-bond donors (Lipinski definition) is 0. The van der Waals surface area contributed by atoms with Gasteiger partial charge in [0.15, 0.2) is 0 Å². The second-order valence-corrected chi connectivity index (χ2v) is 3.95. The SMILES string of the molecule is COC(=O)CCC(=O)CN1CCCCC1. The highest BCUT2D eigenvalue weighted by Gasteiger charge is 2.14. The molecule has 4 heteroatoms. The Labute approximate surface area is 90.6 Å². The van der Waals surface area contributed by atoms with Crippen LogP contribution >= 0.6 is 0 Å². The van der Waals surface area contributed by atoms with Crippen molar-refractivity contribution in [2.75, 3.05) is 26.7 Å². The predicted octanol–water partition coefficient (Wildman–Crippen LogP) is 0.995. The number of likely N-dealkylation sites (tertiary alicyclic amines) is 1. The summed E-state index contributed by atoms with van der Waals surface area (Å²) in [6.45, 7) is 2.53. The second-order valence-electron chi connectivity index (χ2n) is 3.95. The molecule has 0 aromatic heterocycles. The van der Waals surface area contributed by atoms with Crippen LogP contribution in [0, 0.1) is 0 Å². The molecule has 1 rings (SSSR count). The van der Waals surface area contributed by atoms with E-state index in [4.69, 9.17) is 0 Å². The molecule has 1 fully saturated rings. The molecule has 15 heavy (non-hydrogen) atoms. The van der Waals surface area contributed by atoms with E-state index in [1.165, 1.54) is 26.4 Å². The molecule has 86 valence electrons. The van der Waals surface area contributed by atoms with Gasteiger partial charge < -0.3 is 4.74 Å². The molecular formula is C11H19NO3. The van der Waals surface area contributed by atoms with E-state index >= 15 is 0 Å². The van der Waals surface area contributed by atoms with Crippen molar-refractivity contribution >= 4 is 11.8 Å². The van der Waals surface area contributed by atoms with Crippen molar-refractivity contribution in [3.05, 3.63) is 0 Å². The maximum absolute atomic E-state index is 11.5. The zero-order valence-electron chi connectivity index (χ0n) is 9.33. The van der Waals surface area contributed by atoms with E-state index in [0.29, 0.717) is 13.0 Å². The Morgan fingerprint density at radius 1 is 1.13 bits per heavy atom. The van der Waals surface area contributed by atoms with Crippen LogP contribution in [0.25, 0.3) is 0 Å². The molecule has 0 atom stereocenters. The molecule has 0 radical (unpaired) electrons. The normalized spacial score (nSPS) is 17.4. The minimum absolute atomic E-state index is 0.141. The van der Waals surface area contributed by atoms with E-state index < -0.39 is 0 Å². The largest absolute Gasteiger partial charge is 0.469 e. The Morgan fingerprint density at radius 3 is 2.40 bits per heavy atom. The maximum Gasteiger partial charge on any atom is 0.305 e. The van der Waals surface area contributed by atoms with Crippen molar-refractivity contribution < 1.29 is 14.3 Å². The fourth-order valence-electron chi connectivity index (χ4n) is 1.79. The summed E-state index contributed by atoms with van der Waals surface area (Å²) in [5.41, 5.74) is 0. The Balaban J connectivity index is 2.14. The van der Waals surface area contributed by atoms with Crippen LogP contribution in [-0.4, -0.2) is 43.4 Å². The molecule has 0 bridgehead atoms. The van der Waals surface area contributed by atoms with Gasteiger partial charge in [-0.2, -0.15) is 0 Å². The fraction of sp³-hybridized carbons (Fsp3) is 0.818. The molecule has 0 N–H and O–H groups in total. The van der Waals surface area contributed by atoms with Gasteiger partial charge in [-0.15, -0.1) is 0 Å². The second kappa shape index (κ2) is 6.56. The minimum Gasteiger partial charge on any atom is -0.469 e. The lowest BCUT2D eigenvalue weighted by Gasteiger charge is -2.25. The maximum atomic E-state index is 11.5. The van der Waals surface area contributed by atoms with Crippen molar-refractivity contribution in [2.24, 2.45) is 0 Å². The lowest BCUT2D eigenvalue weighted by Crippen LogP contribution is -2.34. The number of Topliss-reactive ketones (excluding diaryl/α,β-unsaturated/α-hetero) is 1. The van der Waals surface area contributed by atoms with Gasteiger partial charge in [-0.3, -0.25) is 14.5 Å². The molecule has 0 unspecified atom stereocenters. The summed E-state index contributed by atoms with van der Waals surface area (Å²) in [6.07, 6.45) is 4.16. The Bertz CT molecular complexity index is 222. The summed E-state index contributed by atoms with van der Waals surface area (Å²) in [4.78, 5) is 24.5. The van der Waals surface area contributed by atoms with Crippen LogP contribution in [-0.2, 0) is 14.3 Å². The first-order valence-corrected chi connectivity index (χ1v) is 5.53. The molecule has 0 aliphatic carbocycles. The summed E-state index contributed by atoms with van der Waals surface area (Å²) in [5, 5.41) is 0. The number of hydrogen-bond acceptors (Lipinski definition) is 4. The molecular weight excluding hydrogens is 194 g/mol. The highest BCUT2D eigenvalue weighted by molar-refractivity contribution is 5.84. The first-order chi connectivity index (χ1) is 7.22. The van der Waals surface area contributed by atoms with Gasteiger partial charge in [-0.1, -0.05) is 6.42 Å². The fourth-order valence-corrected chi connectivity index (χ4v) is 1.79. The van der Waals surface area contributed by atoms with Gasteiger partial charge in [-0.05, 0) is 25.9 Å². The standard InChI is InChI=1S/C11H19NO3/c1-15-11(14)6-5-10(13)9-12-7-3-2-4-8-12/h2-9H2,1H3. The first-order valence-electron chi connectivity index (χ1n) is 5.53. The zero-order chi connectivity index (χ0) is 11.1. The number of nitrogens with zero attached hydrogens (tertiary/aromatic N) is 1. The van der Waals surface area contributed by atoms with Crippen molar-refractivity contribution in [1.29, 1.82) is 0 Å². The van der Waals surface area contributed by atoms with Gasteiger partial charge in [0.1, 0.15) is 5.78 Å². The number of ketones is 1. The molecule has 4 nitrogen and oxygen atoms in total. The number of rotatable bonds is 5. The zero-order valence-corrected chi connectivity index (χ0v) is 9.33. The van der Waals surface area contributed by atoms with Crippen molar-refractivity contribution in [3.63, 3.8) is 0 Å².